The van der Waals surface area contributed by atoms with Crippen molar-refractivity contribution in [3.05, 3.63) is 0 Å². The van der Waals surface area contributed by atoms with Crippen LogP contribution in [0, 0.1) is 0 Å². The van der Waals surface area contributed by atoms with Crippen LogP contribution < -0.4 is 0 Å². The van der Waals surface area contributed by atoms with Gasteiger partial charge in [0.05, 0.1) is 13.2 Å². The van der Waals surface area contributed by atoms with Crippen LogP contribution in [0.25, 0.3) is 0 Å². The topological polar surface area (TPSA) is 80.9 Å². The van der Waals surface area contributed by atoms with E-state index in [0.717, 1.165) is 0 Å². The number of hydrogen-bond acceptors (Lipinski definition) is 4. The Morgan fingerprint density at radius 1 is 0.611 bits per heavy atom. The molecule has 0 aliphatic heterocycles. The second-order valence-electron chi connectivity index (χ2n) is 4.00. The highest BCUT2D eigenvalue weighted by atomic mass is 19.1. The first-order valence-corrected chi connectivity index (χ1v) is 6.33. The van der Waals surface area contributed by atoms with Crippen LogP contribution in [-0.2, 0) is 0 Å². The minimum Gasteiger partial charge on any atom is -0.396 e. The van der Waals surface area contributed by atoms with Crippen molar-refractivity contribution in [1.29, 1.82) is 0 Å². The summed E-state index contributed by atoms with van der Waals surface area (Å²) in [6, 6.07) is 0. The maximum Gasteiger partial charge on any atom is 0.123 e. The molecule has 0 radical (unpaired) electrons. The second-order valence-corrected chi connectivity index (χ2v) is 4.00. The molecular formula is C12H26F2O4. The molecule has 18 heavy (non-hydrogen) atoms. The largest absolute Gasteiger partial charge is 0.396 e. The van der Waals surface area contributed by atoms with E-state index in [1.807, 2.05) is 0 Å². The predicted molar refractivity (Wildman–Crippen MR) is 65.8 cm³/mol. The Bertz CT molecular complexity index is 134. The molecule has 0 aromatic carbocycles. The monoisotopic (exact) mass is 272 g/mol. The Balaban J connectivity index is 0. The molecule has 4 N–H and O–H groups in total. The van der Waals surface area contributed by atoms with Crippen LogP contribution in [0.3, 0.4) is 0 Å². The van der Waals surface area contributed by atoms with E-state index in [1.54, 1.807) is 0 Å². The molecule has 0 aliphatic carbocycles. The molecule has 0 bridgehead atoms. The first-order chi connectivity index (χ1) is 8.62. The van der Waals surface area contributed by atoms with Gasteiger partial charge in [0.15, 0.2) is 0 Å². The summed E-state index contributed by atoms with van der Waals surface area (Å²) in [6.07, 6.45) is 1.07. The quantitative estimate of drug-likeness (QED) is 0.447. The summed E-state index contributed by atoms with van der Waals surface area (Å²) in [5, 5.41) is 32.9. The summed E-state index contributed by atoms with van der Waals surface area (Å²) < 4.78 is 24.2. The fourth-order valence-electron chi connectivity index (χ4n) is 1.14. The maximum absolute atomic E-state index is 12.1. The molecular weight excluding hydrogens is 246 g/mol. The van der Waals surface area contributed by atoms with Crippen LogP contribution in [0.5, 0.6) is 0 Å². The van der Waals surface area contributed by atoms with Gasteiger partial charge in [-0.25, -0.2) is 8.78 Å². The van der Waals surface area contributed by atoms with Gasteiger partial charge in [-0.3, -0.25) is 0 Å². The molecule has 0 fully saturated rings. The lowest BCUT2D eigenvalue weighted by atomic mass is 10.2. The second kappa shape index (κ2) is 16.7. The van der Waals surface area contributed by atoms with Gasteiger partial charge in [-0.2, -0.15) is 0 Å². The van der Waals surface area contributed by atoms with E-state index in [0.29, 0.717) is 38.5 Å². The van der Waals surface area contributed by atoms with Gasteiger partial charge in [-0.1, -0.05) is 0 Å². The van der Waals surface area contributed by atoms with Crippen molar-refractivity contribution in [3.8, 4) is 0 Å². The summed E-state index contributed by atoms with van der Waals surface area (Å²) >= 11 is 0. The summed E-state index contributed by atoms with van der Waals surface area (Å²) in [7, 11) is 0. The van der Waals surface area contributed by atoms with E-state index < -0.39 is 25.6 Å². The third kappa shape index (κ3) is 18.1. The Kier molecular flexibility index (Phi) is 18.6. The Morgan fingerprint density at radius 3 is 1.17 bits per heavy atom. The first kappa shape index (κ1) is 20.0. The summed E-state index contributed by atoms with van der Waals surface area (Å²) in [5.74, 6) is 0. The molecule has 0 aromatic rings. The number of alkyl halides is 2. The van der Waals surface area contributed by atoms with Gasteiger partial charge in [-0.05, 0) is 38.5 Å². The molecule has 0 amide bonds. The zero-order valence-corrected chi connectivity index (χ0v) is 10.8. The van der Waals surface area contributed by atoms with E-state index in [-0.39, 0.29) is 13.2 Å². The van der Waals surface area contributed by atoms with Crippen LogP contribution in [0.15, 0.2) is 0 Å². The highest BCUT2D eigenvalue weighted by Gasteiger charge is 2.02. The van der Waals surface area contributed by atoms with E-state index in [2.05, 4.69) is 0 Å². The van der Waals surface area contributed by atoms with Crippen LogP contribution >= 0.6 is 0 Å². The summed E-state index contributed by atoms with van der Waals surface area (Å²) in [6.45, 7) is -0.576. The van der Waals surface area contributed by atoms with E-state index in [9.17, 15) is 8.78 Å². The van der Waals surface area contributed by atoms with E-state index in [4.69, 9.17) is 20.4 Å². The van der Waals surface area contributed by atoms with Crippen molar-refractivity contribution in [2.75, 3.05) is 26.4 Å². The Morgan fingerprint density at radius 2 is 0.944 bits per heavy atom. The molecule has 112 valence electrons. The normalized spacial score (nSPS) is 13.7. The number of halogens is 2. The van der Waals surface area contributed by atoms with E-state index in [1.165, 1.54) is 0 Å². The molecule has 4 nitrogen and oxygen atoms in total. The molecule has 0 heterocycles. The van der Waals surface area contributed by atoms with Crippen LogP contribution in [0.4, 0.5) is 8.78 Å². The standard InChI is InChI=1S/2C6H13FO2/c2*7-6(5-9)3-1-2-4-8/h2*6,8-9H,1-5H2. The van der Waals surface area contributed by atoms with Gasteiger partial charge >= 0.3 is 0 Å². The first-order valence-electron chi connectivity index (χ1n) is 6.33. The number of hydrogen-bond donors (Lipinski definition) is 4. The predicted octanol–water partition coefficient (Wildman–Crippen LogP) is 0.959. The fraction of sp³-hybridized carbons (Fsp3) is 1.00. The van der Waals surface area contributed by atoms with Crippen LogP contribution in [0.1, 0.15) is 38.5 Å². The highest BCUT2D eigenvalue weighted by molar-refractivity contribution is 4.53. The molecule has 0 aromatic heterocycles. The Hall–Kier alpha value is -0.300. The van der Waals surface area contributed by atoms with Gasteiger partial charge in [0, 0.05) is 13.2 Å². The lowest BCUT2D eigenvalue weighted by Crippen LogP contribution is -2.05. The van der Waals surface area contributed by atoms with Crippen LogP contribution in [0.2, 0.25) is 0 Å². The highest BCUT2D eigenvalue weighted by Crippen LogP contribution is 2.03. The smallest absolute Gasteiger partial charge is 0.123 e. The minimum absolute atomic E-state index is 0.109. The summed E-state index contributed by atoms with van der Waals surface area (Å²) in [4.78, 5) is 0. The maximum atomic E-state index is 12.1. The zero-order valence-electron chi connectivity index (χ0n) is 10.8. The van der Waals surface area contributed by atoms with Crippen molar-refractivity contribution < 1.29 is 29.2 Å². The van der Waals surface area contributed by atoms with Crippen molar-refractivity contribution in [2.45, 2.75) is 50.9 Å². The van der Waals surface area contributed by atoms with Gasteiger partial charge in [-0.15, -0.1) is 0 Å². The van der Waals surface area contributed by atoms with Gasteiger partial charge in [0.2, 0.25) is 0 Å². The summed E-state index contributed by atoms with van der Waals surface area (Å²) in [5.41, 5.74) is 0. The third-order valence-corrected chi connectivity index (χ3v) is 2.25. The number of aliphatic hydroxyl groups excluding tert-OH is 4. The third-order valence-electron chi connectivity index (χ3n) is 2.25. The number of aliphatic hydroxyl groups is 4. The lowest BCUT2D eigenvalue weighted by Gasteiger charge is -2.01. The van der Waals surface area contributed by atoms with Crippen molar-refractivity contribution in [2.24, 2.45) is 0 Å². The number of unbranched alkanes of at least 4 members (excludes halogenated alkanes) is 2. The van der Waals surface area contributed by atoms with Crippen LogP contribution in [-0.4, -0.2) is 59.2 Å². The number of rotatable bonds is 10. The average molecular weight is 272 g/mol. The molecule has 2 unspecified atom stereocenters. The minimum atomic E-state index is -1.10. The Labute approximate surface area is 107 Å². The lowest BCUT2D eigenvalue weighted by molar-refractivity contribution is 0.164. The van der Waals surface area contributed by atoms with E-state index >= 15 is 0 Å². The zero-order chi connectivity index (χ0) is 14.2. The van der Waals surface area contributed by atoms with Gasteiger partial charge < -0.3 is 20.4 Å². The molecule has 0 spiro atoms. The SMILES string of the molecule is OCCCCC(F)CO.OCCCCC(F)CO. The van der Waals surface area contributed by atoms with Crippen molar-refractivity contribution in [1.82, 2.24) is 0 Å². The molecule has 0 saturated carbocycles. The molecule has 6 heteroatoms. The van der Waals surface area contributed by atoms with Crippen molar-refractivity contribution in [3.63, 3.8) is 0 Å². The average Bonchev–Trinajstić information content (AvgIpc) is 2.39. The molecule has 0 aliphatic rings. The van der Waals surface area contributed by atoms with Gasteiger partial charge in [0.1, 0.15) is 12.3 Å². The van der Waals surface area contributed by atoms with Gasteiger partial charge in [0.25, 0.3) is 0 Å². The molecule has 0 rings (SSSR count). The molecule has 2 atom stereocenters. The van der Waals surface area contributed by atoms with Crippen molar-refractivity contribution >= 4 is 0 Å². The molecule has 0 saturated heterocycles. The fourth-order valence-corrected chi connectivity index (χ4v) is 1.14.